The maximum Gasteiger partial charge on any atom is 0.404 e. The number of carbonyl (C=O) groups is 2. The Labute approximate surface area is 106 Å². The summed E-state index contributed by atoms with van der Waals surface area (Å²) in [5.41, 5.74) is 5.24. The summed E-state index contributed by atoms with van der Waals surface area (Å²) in [6.07, 6.45) is 1.42. The Hall–Kier alpha value is -1.85. The van der Waals surface area contributed by atoms with Crippen LogP contribution in [0, 0.1) is 12.3 Å². The van der Waals surface area contributed by atoms with E-state index in [0.29, 0.717) is 11.5 Å². The largest absolute Gasteiger partial charge is 0.447 e. The average Bonchev–Trinajstić information content (AvgIpc) is 2.58. The Morgan fingerprint density at radius 1 is 1.61 bits per heavy atom. The van der Waals surface area contributed by atoms with Crippen molar-refractivity contribution in [2.45, 2.75) is 33.7 Å². The van der Waals surface area contributed by atoms with Crippen molar-refractivity contribution in [3.8, 4) is 0 Å². The minimum Gasteiger partial charge on any atom is -0.447 e. The molecule has 0 aliphatic rings. The smallest absolute Gasteiger partial charge is 0.404 e. The molecule has 0 saturated carbocycles. The fourth-order valence-electron chi connectivity index (χ4n) is 1.84. The topological polar surface area (TPSA) is 87.2 Å². The van der Waals surface area contributed by atoms with Gasteiger partial charge in [0.1, 0.15) is 18.1 Å². The number of nitrogens with zero attached hydrogens (tertiary/aromatic N) is 2. The maximum atomic E-state index is 11.0. The fourth-order valence-corrected chi connectivity index (χ4v) is 1.84. The van der Waals surface area contributed by atoms with E-state index in [0.717, 1.165) is 6.29 Å². The minimum absolute atomic E-state index is 0.108. The van der Waals surface area contributed by atoms with Crippen LogP contribution in [0.2, 0.25) is 0 Å². The highest BCUT2D eigenvalue weighted by Crippen LogP contribution is 2.32. The minimum atomic E-state index is -0.824. The van der Waals surface area contributed by atoms with E-state index >= 15 is 0 Å². The summed E-state index contributed by atoms with van der Waals surface area (Å²) in [5, 5.41) is 0. The highest BCUT2D eigenvalue weighted by atomic mass is 16.5. The number of rotatable bonds is 4. The first-order valence-corrected chi connectivity index (χ1v) is 5.68. The lowest BCUT2D eigenvalue weighted by molar-refractivity contribution is 0.0957. The number of ether oxygens (including phenoxy) is 1. The quantitative estimate of drug-likeness (QED) is 0.827. The molecule has 1 aromatic rings. The van der Waals surface area contributed by atoms with Crippen LogP contribution in [0.1, 0.15) is 43.1 Å². The molecule has 1 aromatic heterocycles. The molecule has 18 heavy (non-hydrogen) atoms. The second-order valence-electron chi connectivity index (χ2n) is 5.23. The predicted octanol–water partition coefficient (Wildman–Crippen LogP) is 1.69. The molecule has 0 aromatic carbocycles. The number of hydrogen-bond acceptors (Lipinski definition) is 4. The van der Waals surface area contributed by atoms with E-state index in [1.54, 1.807) is 11.5 Å². The van der Waals surface area contributed by atoms with Gasteiger partial charge >= 0.3 is 6.09 Å². The van der Waals surface area contributed by atoms with Crippen LogP contribution in [0.3, 0.4) is 0 Å². The van der Waals surface area contributed by atoms with E-state index < -0.39 is 6.09 Å². The van der Waals surface area contributed by atoms with Crippen molar-refractivity contribution < 1.29 is 14.3 Å². The number of primary amides is 1. The normalized spacial score (nSPS) is 13.1. The summed E-state index contributed by atoms with van der Waals surface area (Å²) in [7, 11) is 0. The maximum absolute atomic E-state index is 11.0. The van der Waals surface area contributed by atoms with Crippen LogP contribution < -0.4 is 5.73 Å². The molecule has 0 saturated heterocycles. The number of hydrogen-bond donors (Lipinski definition) is 1. The summed E-state index contributed by atoms with van der Waals surface area (Å²) < 4.78 is 6.66. The third kappa shape index (κ3) is 3.09. The average molecular weight is 253 g/mol. The van der Waals surface area contributed by atoms with Crippen molar-refractivity contribution in [3.63, 3.8) is 0 Å². The first kappa shape index (κ1) is 14.2. The van der Waals surface area contributed by atoms with Gasteiger partial charge in [-0.1, -0.05) is 20.8 Å². The zero-order valence-corrected chi connectivity index (χ0v) is 11.1. The van der Waals surface area contributed by atoms with E-state index in [1.807, 2.05) is 20.8 Å². The Morgan fingerprint density at radius 2 is 2.22 bits per heavy atom. The number of nitrogens with two attached hydrogens (primary N) is 1. The van der Waals surface area contributed by atoms with Crippen molar-refractivity contribution in [1.82, 2.24) is 9.55 Å². The molecule has 0 bridgehead atoms. The van der Waals surface area contributed by atoms with Gasteiger partial charge in [0.25, 0.3) is 0 Å². The molecular formula is C12H19N3O3. The molecule has 100 valence electrons. The second-order valence-corrected chi connectivity index (χ2v) is 5.23. The first-order chi connectivity index (χ1) is 8.27. The van der Waals surface area contributed by atoms with Gasteiger partial charge in [-0.2, -0.15) is 0 Å². The Balaban J connectivity index is 3.13. The van der Waals surface area contributed by atoms with Gasteiger partial charge in [0, 0.05) is 0 Å². The van der Waals surface area contributed by atoms with Gasteiger partial charge in [-0.25, -0.2) is 9.78 Å². The van der Waals surface area contributed by atoms with Crippen LogP contribution in [0.25, 0.3) is 0 Å². The number of carbonyl (C=O) groups excluding carboxylic acids is 2. The highest BCUT2D eigenvalue weighted by molar-refractivity contribution is 5.72. The molecule has 2 N–H and O–H groups in total. The molecule has 0 aliphatic carbocycles. The number of aryl methyl sites for hydroxylation is 1. The summed E-state index contributed by atoms with van der Waals surface area (Å²) in [5.74, 6) is 0.699. The zero-order chi connectivity index (χ0) is 13.9. The standard InChI is InChI=1S/C12H19N3O3/c1-8-14-5-9(6-16)15(8)10(12(2,3)4)7-18-11(13)17/h5-6,10H,7H2,1-4H3,(H2,13,17). The van der Waals surface area contributed by atoms with Crippen molar-refractivity contribution in [3.05, 3.63) is 17.7 Å². The SMILES string of the molecule is Cc1ncc(C=O)n1C(COC(N)=O)C(C)(C)C. The van der Waals surface area contributed by atoms with Crippen LogP contribution in [-0.4, -0.2) is 28.5 Å². The van der Waals surface area contributed by atoms with E-state index in [2.05, 4.69) is 4.98 Å². The summed E-state index contributed by atoms with van der Waals surface area (Å²) in [4.78, 5) is 25.9. The Morgan fingerprint density at radius 3 is 2.67 bits per heavy atom. The van der Waals surface area contributed by atoms with Gasteiger partial charge in [-0.15, -0.1) is 0 Å². The molecule has 0 fully saturated rings. The van der Waals surface area contributed by atoms with E-state index in [4.69, 9.17) is 10.5 Å². The third-order valence-electron chi connectivity index (χ3n) is 2.83. The molecule has 1 amide bonds. The van der Waals surface area contributed by atoms with Gasteiger partial charge in [-0.05, 0) is 12.3 Å². The zero-order valence-electron chi connectivity index (χ0n) is 11.1. The molecular weight excluding hydrogens is 234 g/mol. The molecule has 0 radical (unpaired) electrons. The monoisotopic (exact) mass is 253 g/mol. The van der Waals surface area contributed by atoms with Crippen LogP contribution >= 0.6 is 0 Å². The summed E-state index contributed by atoms with van der Waals surface area (Å²) in [6.45, 7) is 7.90. The van der Waals surface area contributed by atoms with Gasteiger partial charge < -0.3 is 15.0 Å². The lowest BCUT2D eigenvalue weighted by Crippen LogP contribution is -2.32. The number of amides is 1. The van der Waals surface area contributed by atoms with Crippen LogP contribution in [0.5, 0.6) is 0 Å². The Bertz CT molecular complexity index is 446. The lowest BCUT2D eigenvalue weighted by atomic mass is 9.86. The molecule has 0 spiro atoms. The lowest BCUT2D eigenvalue weighted by Gasteiger charge is -2.32. The summed E-state index contributed by atoms with van der Waals surface area (Å²) >= 11 is 0. The molecule has 0 aliphatic heterocycles. The fraction of sp³-hybridized carbons (Fsp3) is 0.583. The molecule has 1 heterocycles. The van der Waals surface area contributed by atoms with Crippen molar-refractivity contribution in [2.75, 3.05) is 6.61 Å². The third-order valence-corrected chi connectivity index (χ3v) is 2.83. The molecule has 1 atom stereocenters. The molecule has 6 heteroatoms. The van der Waals surface area contributed by atoms with Crippen molar-refractivity contribution >= 4 is 12.4 Å². The molecule has 1 unspecified atom stereocenters. The number of aromatic nitrogens is 2. The van der Waals surface area contributed by atoms with E-state index in [1.165, 1.54) is 6.20 Å². The van der Waals surface area contributed by atoms with Gasteiger partial charge in [0.15, 0.2) is 6.29 Å². The summed E-state index contributed by atoms with van der Waals surface area (Å²) in [6, 6.07) is -0.201. The van der Waals surface area contributed by atoms with E-state index in [-0.39, 0.29) is 18.1 Å². The van der Waals surface area contributed by atoms with Crippen molar-refractivity contribution in [2.24, 2.45) is 11.1 Å². The van der Waals surface area contributed by atoms with Crippen molar-refractivity contribution in [1.29, 1.82) is 0 Å². The first-order valence-electron chi connectivity index (χ1n) is 5.68. The van der Waals surface area contributed by atoms with Gasteiger partial charge in [-0.3, -0.25) is 4.79 Å². The van der Waals surface area contributed by atoms with Gasteiger partial charge in [0.05, 0.1) is 12.2 Å². The number of aldehydes is 1. The predicted molar refractivity (Wildman–Crippen MR) is 66.4 cm³/mol. The highest BCUT2D eigenvalue weighted by Gasteiger charge is 2.30. The molecule has 6 nitrogen and oxygen atoms in total. The van der Waals surface area contributed by atoms with Crippen LogP contribution in [0.4, 0.5) is 4.79 Å². The van der Waals surface area contributed by atoms with Gasteiger partial charge in [0.2, 0.25) is 0 Å². The second kappa shape index (κ2) is 5.20. The van der Waals surface area contributed by atoms with Crippen LogP contribution in [-0.2, 0) is 4.74 Å². The Kier molecular flexibility index (Phi) is 4.11. The van der Waals surface area contributed by atoms with Crippen LogP contribution in [0.15, 0.2) is 6.20 Å². The van der Waals surface area contributed by atoms with E-state index in [9.17, 15) is 9.59 Å². The molecule has 1 rings (SSSR count). The number of imidazole rings is 1.